The van der Waals surface area contributed by atoms with E-state index in [9.17, 15) is 4.39 Å². The number of aromatic nitrogens is 1. The topological polar surface area (TPSA) is 58.5 Å². The van der Waals surface area contributed by atoms with Gasteiger partial charge in [0.25, 0.3) is 0 Å². The van der Waals surface area contributed by atoms with Gasteiger partial charge in [0.05, 0.1) is 0 Å². The SMILES string of the molecule is CN=C(NCCSC)NCc1ccc(Oc2ccc(F)cc2)nc1.I. The first-order valence-corrected chi connectivity index (χ1v) is 8.92. The van der Waals surface area contributed by atoms with Gasteiger partial charge >= 0.3 is 0 Å². The second kappa shape index (κ2) is 11.9. The summed E-state index contributed by atoms with van der Waals surface area (Å²) in [7, 11) is 1.74. The van der Waals surface area contributed by atoms with Gasteiger partial charge in [-0.15, -0.1) is 24.0 Å². The van der Waals surface area contributed by atoms with E-state index in [2.05, 4.69) is 26.9 Å². The maximum atomic E-state index is 12.9. The van der Waals surface area contributed by atoms with Crippen molar-refractivity contribution in [3.8, 4) is 11.6 Å². The van der Waals surface area contributed by atoms with Gasteiger partial charge in [-0.1, -0.05) is 6.07 Å². The average Bonchev–Trinajstić information content (AvgIpc) is 2.61. The summed E-state index contributed by atoms with van der Waals surface area (Å²) in [6.07, 6.45) is 3.81. The van der Waals surface area contributed by atoms with Gasteiger partial charge < -0.3 is 15.4 Å². The second-order valence-electron chi connectivity index (χ2n) is 4.91. The Morgan fingerprint density at radius 1 is 1.20 bits per heavy atom. The van der Waals surface area contributed by atoms with E-state index in [1.807, 2.05) is 6.07 Å². The Bertz CT molecular complexity index is 653. The van der Waals surface area contributed by atoms with Crippen molar-refractivity contribution in [2.24, 2.45) is 4.99 Å². The highest BCUT2D eigenvalue weighted by atomic mass is 127. The fourth-order valence-electron chi connectivity index (χ4n) is 1.88. The van der Waals surface area contributed by atoms with Crippen molar-refractivity contribution in [2.45, 2.75) is 6.54 Å². The minimum Gasteiger partial charge on any atom is -0.439 e. The van der Waals surface area contributed by atoms with Gasteiger partial charge in [0, 0.05) is 38.2 Å². The van der Waals surface area contributed by atoms with E-state index in [-0.39, 0.29) is 29.8 Å². The van der Waals surface area contributed by atoms with E-state index in [1.165, 1.54) is 12.1 Å². The van der Waals surface area contributed by atoms with Gasteiger partial charge in [-0.3, -0.25) is 4.99 Å². The van der Waals surface area contributed by atoms with E-state index in [4.69, 9.17) is 4.74 Å². The fraction of sp³-hybridized carbons (Fsp3) is 0.294. The molecule has 5 nitrogen and oxygen atoms in total. The normalized spacial score (nSPS) is 10.8. The molecule has 1 aromatic carbocycles. The lowest BCUT2D eigenvalue weighted by atomic mass is 10.3. The summed E-state index contributed by atoms with van der Waals surface area (Å²) in [4.78, 5) is 8.42. The van der Waals surface area contributed by atoms with Gasteiger partial charge in [0.1, 0.15) is 11.6 Å². The van der Waals surface area contributed by atoms with Crippen LogP contribution in [0.2, 0.25) is 0 Å². The first-order chi connectivity index (χ1) is 11.7. The number of guanidine groups is 1. The zero-order valence-corrected chi connectivity index (χ0v) is 17.3. The number of pyridine rings is 1. The molecule has 25 heavy (non-hydrogen) atoms. The van der Waals surface area contributed by atoms with Gasteiger partial charge in [-0.05, 0) is 36.1 Å². The van der Waals surface area contributed by atoms with E-state index in [1.54, 1.807) is 43.2 Å². The Labute approximate surface area is 168 Å². The molecule has 0 bridgehead atoms. The number of ether oxygens (including phenoxy) is 1. The molecule has 0 spiro atoms. The van der Waals surface area contributed by atoms with Crippen molar-refractivity contribution in [1.82, 2.24) is 15.6 Å². The van der Waals surface area contributed by atoms with Gasteiger partial charge in [-0.2, -0.15) is 11.8 Å². The Kier molecular flexibility index (Phi) is 10.2. The minimum atomic E-state index is -0.295. The van der Waals surface area contributed by atoms with Crippen LogP contribution in [0.4, 0.5) is 4.39 Å². The third-order valence-electron chi connectivity index (χ3n) is 3.12. The number of nitrogens with zero attached hydrogens (tertiary/aromatic N) is 2. The highest BCUT2D eigenvalue weighted by molar-refractivity contribution is 14.0. The zero-order valence-electron chi connectivity index (χ0n) is 14.2. The minimum absolute atomic E-state index is 0. The third kappa shape index (κ3) is 7.91. The summed E-state index contributed by atoms with van der Waals surface area (Å²) in [6, 6.07) is 9.54. The van der Waals surface area contributed by atoms with Crippen LogP contribution in [-0.4, -0.2) is 36.5 Å². The number of hydrogen-bond acceptors (Lipinski definition) is 4. The molecule has 0 aliphatic rings. The second-order valence-corrected chi connectivity index (χ2v) is 5.89. The van der Waals surface area contributed by atoms with Crippen molar-refractivity contribution in [2.75, 3.05) is 25.6 Å². The van der Waals surface area contributed by atoms with Crippen LogP contribution in [0.1, 0.15) is 5.56 Å². The Morgan fingerprint density at radius 3 is 2.56 bits per heavy atom. The number of nitrogens with one attached hydrogen (secondary N) is 2. The lowest BCUT2D eigenvalue weighted by Crippen LogP contribution is -2.37. The maximum Gasteiger partial charge on any atom is 0.219 e. The molecule has 0 aliphatic carbocycles. The van der Waals surface area contributed by atoms with Gasteiger partial charge in [-0.25, -0.2) is 9.37 Å². The molecule has 2 aromatic rings. The van der Waals surface area contributed by atoms with E-state index in [0.717, 1.165) is 23.8 Å². The summed E-state index contributed by atoms with van der Waals surface area (Å²) >= 11 is 1.78. The molecule has 0 saturated carbocycles. The number of hydrogen-bond donors (Lipinski definition) is 2. The van der Waals surface area contributed by atoms with Crippen molar-refractivity contribution in [1.29, 1.82) is 0 Å². The quantitative estimate of drug-likeness (QED) is 0.277. The van der Waals surface area contributed by atoms with E-state index >= 15 is 0 Å². The van der Waals surface area contributed by atoms with Crippen molar-refractivity contribution in [3.63, 3.8) is 0 Å². The van der Waals surface area contributed by atoms with Crippen LogP contribution in [0, 0.1) is 5.82 Å². The molecule has 1 heterocycles. The third-order valence-corrected chi connectivity index (χ3v) is 3.73. The Hall–Kier alpha value is -1.55. The summed E-state index contributed by atoms with van der Waals surface area (Å²) in [5, 5.41) is 6.46. The molecule has 0 radical (unpaired) electrons. The molecule has 0 aliphatic heterocycles. The van der Waals surface area contributed by atoms with Gasteiger partial charge in [0.2, 0.25) is 5.88 Å². The van der Waals surface area contributed by atoms with E-state index in [0.29, 0.717) is 18.2 Å². The van der Waals surface area contributed by atoms with Crippen LogP contribution in [0.15, 0.2) is 47.6 Å². The van der Waals surface area contributed by atoms with Crippen LogP contribution < -0.4 is 15.4 Å². The molecule has 2 N–H and O–H groups in total. The van der Waals surface area contributed by atoms with Crippen LogP contribution in [-0.2, 0) is 6.54 Å². The standard InChI is InChI=1S/C17H21FN4OS.HI/c1-19-17(20-9-10-24-2)22-12-13-3-8-16(21-11-13)23-15-6-4-14(18)5-7-15;/h3-8,11H,9-10,12H2,1-2H3,(H2,19,20,22);1H. The molecular weight excluding hydrogens is 454 g/mol. The van der Waals surface area contributed by atoms with Crippen molar-refractivity contribution in [3.05, 3.63) is 54.0 Å². The first-order valence-electron chi connectivity index (χ1n) is 7.53. The van der Waals surface area contributed by atoms with Crippen LogP contribution in [0.3, 0.4) is 0 Å². The molecule has 2 rings (SSSR count). The highest BCUT2D eigenvalue weighted by Crippen LogP contribution is 2.19. The number of thioether (sulfide) groups is 1. The molecule has 8 heteroatoms. The van der Waals surface area contributed by atoms with Crippen molar-refractivity contribution < 1.29 is 9.13 Å². The fourth-order valence-corrected chi connectivity index (χ4v) is 2.18. The summed E-state index contributed by atoms with van der Waals surface area (Å²) < 4.78 is 18.4. The smallest absolute Gasteiger partial charge is 0.219 e. The lowest BCUT2D eigenvalue weighted by molar-refractivity contribution is 0.461. The molecular formula is C17H22FIN4OS. The van der Waals surface area contributed by atoms with E-state index < -0.39 is 0 Å². The zero-order chi connectivity index (χ0) is 17.2. The summed E-state index contributed by atoms with van der Waals surface area (Å²) in [5.41, 5.74) is 1.01. The summed E-state index contributed by atoms with van der Waals surface area (Å²) in [5.74, 6) is 2.51. The molecule has 0 atom stereocenters. The lowest BCUT2D eigenvalue weighted by Gasteiger charge is -2.11. The molecule has 0 amide bonds. The largest absolute Gasteiger partial charge is 0.439 e. The molecule has 0 fully saturated rings. The highest BCUT2D eigenvalue weighted by Gasteiger charge is 2.01. The Balaban J connectivity index is 0.00000312. The average molecular weight is 476 g/mol. The summed E-state index contributed by atoms with van der Waals surface area (Å²) in [6.45, 7) is 1.48. The number of rotatable bonds is 7. The van der Waals surface area contributed by atoms with Crippen LogP contribution >= 0.6 is 35.7 Å². The first kappa shape index (κ1) is 21.5. The van der Waals surface area contributed by atoms with Crippen LogP contribution in [0.25, 0.3) is 0 Å². The molecule has 0 saturated heterocycles. The van der Waals surface area contributed by atoms with Crippen LogP contribution in [0.5, 0.6) is 11.6 Å². The Morgan fingerprint density at radius 2 is 1.96 bits per heavy atom. The number of halogens is 2. The predicted molar refractivity (Wildman–Crippen MR) is 113 cm³/mol. The predicted octanol–water partition coefficient (Wildman–Crippen LogP) is 3.66. The number of benzene rings is 1. The monoisotopic (exact) mass is 476 g/mol. The number of aliphatic imine (C=N–C) groups is 1. The van der Waals surface area contributed by atoms with Crippen molar-refractivity contribution >= 4 is 41.7 Å². The molecule has 0 unspecified atom stereocenters. The maximum absolute atomic E-state index is 12.9. The molecule has 136 valence electrons. The van der Waals surface area contributed by atoms with Gasteiger partial charge in [0.15, 0.2) is 5.96 Å². The molecule has 1 aromatic heterocycles.